The number of carbonyl (C=O) groups excluding carboxylic acids is 1. The van der Waals surface area contributed by atoms with Gasteiger partial charge < -0.3 is 15.1 Å². The Labute approximate surface area is 87.7 Å². The van der Waals surface area contributed by atoms with Crippen molar-refractivity contribution in [1.82, 2.24) is 4.90 Å². The summed E-state index contributed by atoms with van der Waals surface area (Å²) in [7, 11) is 1.68. The van der Waals surface area contributed by atoms with Crippen molar-refractivity contribution in [2.24, 2.45) is 5.73 Å². The quantitative estimate of drug-likeness (QED) is 0.757. The van der Waals surface area contributed by atoms with Crippen molar-refractivity contribution < 1.29 is 9.21 Å². The smallest absolute Gasteiger partial charge is 0.289 e. The molecule has 0 aromatic carbocycles. The summed E-state index contributed by atoms with van der Waals surface area (Å²) in [5.74, 6) is 0.168. The van der Waals surface area contributed by atoms with E-state index in [1.807, 2.05) is 0 Å². The lowest BCUT2D eigenvalue weighted by Gasteiger charge is -2.14. The molecule has 0 fully saturated rings. The number of hydrogen-bond donors (Lipinski definition) is 1. The Hall–Kier alpha value is -1.36. The Kier molecular flexibility index (Phi) is 3.64. The van der Waals surface area contributed by atoms with Crippen LogP contribution in [-0.2, 0) is 0 Å². The molecule has 4 nitrogen and oxygen atoms in total. The first-order valence-electron chi connectivity index (χ1n) is 4.18. The molecule has 1 aromatic heterocycles. The lowest BCUT2D eigenvalue weighted by atomic mass is 10.3. The summed E-state index contributed by atoms with van der Waals surface area (Å²) in [5.41, 5.74) is 5.33. The zero-order chi connectivity index (χ0) is 10.6. The normalized spacial score (nSPS) is 9.79. The first kappa shape index (κ1) is 10.7. The van der Waals surface area contributed by atoms with E-state index in [0.717, 1.165) is 0 Å². The highest BCUT2D eigenvalue weighted by Crippen LogP contribution is 2.04. The van der Waals surface area contributed by atoms with Crippen LogP contribution in [0.5, 0.6) is 0 Å². The summed E-state index contributed by atoms with van der Waals surface area (Å²) in [5, 5.41) is 0. The van der Waals surface area contributed by atoms with Gasteiger partial charge in [-0.25, -0.2) is 0 Å². The minimum Gasteiger partial charge on any atom is -0.459 e. The highest BCUT2D eigenvalue weighted by Gasteiger charge is 2.13. The molecule has 0 radical (unpaired) electrons. The number of rotatable bonds is 4. The molecule has 1 amide bonds. The van der Waals surface area contributed by atoms with Gasteiger partial charge >= 0.3 is 0 Å². The molecule has 0 aliphatic rings. The van der Waals surface area contributed by atoms with Gasteiger partial charge in [0.2, 0.25) is 0 Å². The van der Waals surface area contributed by atoms with Crippen LogP contribution < -0.4 is 5.73 Å². The number of furan rings is 1. The number of nitrogens with zero attached hydrogens (tertiary/aromatic N) is 1. The van der Waals surface area contributed by atoms with Crippen LogP contribution in [0.25, 0.3) is 0 Å². The number of amides is 1. The second-order valence-electron chi connectivity index (χ2n) is 2.92. The summed E-state index contributed by atoms with van der Waals surface area (Å²) < 4.78 is 4.97. The molecular weight excluding hydrogens is 200 g/mol. The molecule has 0 saturated heterocycles. The molecule has 0 aliphatic carbocycles. The molecule has 5 heteroatoms. The van der Waals surface area contributed by atoms with Gasteiger partial charge in [-0.05, 0) is 12.1 Å². The Bertz CT molecular complexity index is 322. The van der Waals surface area contributed by atoms with E-state index < -0.39 is 0 Å². The van der Waals surface area contributed by atoms with Crippen molar-refractivity contribution in [3.05, 3.63) is 24.2 Å². The van der Waals surface area contributed by atoms with Crippen LogP contribution in [0.1, 0.15) is 17.0 Å². The SMILES string of the molecule is CN(CCC(N)=S)C(=O)c1ccco1. The number of thiocarbonyl (C=S) groups is 1. The van der Waals surface area contributed by atoms with Crippen LogP contribution in [-0.4, -0.2) is 29.4 Å². The van der Waals surface area contributed by atoms with Crippen LogP contribution in [0.2, 0.25) is 0 Å². The van der Waals surface area contributed by atoms with Gasteiger partial charge in [-0.1, -0.05) is 12.2 Å². The first-order valence-corrected chi connectivity index (χ1v) is 4.59. The Morgan fingerprint density at radius 3 is 2.93 bits per heavy atom. The monoisotopic (exact) mass is 212 g/mol. The second-order valence-corrected chi connectivity index (χ2v) is 3.44. The lowest BCUT2D eigenvalue weighted by Crippen LogP contribution is -2.29. The molecule has 0 bridgehead atoms. The molecule has 0 atom stereocenters. The van der Waals surface area contributed by atoms with Crippen molar-refractivity contribution in [2.75, 3.05) is 13.6 Å². The van der Waals surface area contributed by atoms with E-state index in [0.29, 0.717) is 23.7 Å². The van der Waals surface area contributed by atoms with E-state index in [9.17, 15) is 4.79 Å². The fourth-order valence-corrected chi connectivity index (χ4v) is 1.06. The van der Waals surface area contributed by atoms with E-state index in [1.54, 1.807) is 19.2 Å². The first-order chi connectivity index (χ1) is 6.61. The highest BCUT2D eigenvalue weighted by atomic mass is 32.1. The van der Waals surface area contributed by atoms with E-state index in [2.05, 4.69) is 0 Å². The van der Waals surface area contributed by atoms with E-state index in [-0.39, 0.29) is 5.91 Å². The number of nitrogens with two attached hydrogens (primary N) is 1. The van der Waals surface area contributed by atoms with Gasteiger partial charge in [0.25, 0.3) is 5.91 Å². The van der Waals surface area contributed by atoms with Gasteiger partial charge in [-0.3, -0.25) is 4.79 Å². The largest absolute Gasteiger partial charge is 0.459 e. The Morgan fingerprint density at radius 2 is 2.43 bits per heavy atom. The molecule has 0 spiro atoms. The molecule has 0 aliphatic heterocycles. The summed E-state index contributed by atoms with van der Waals surface area (Å²) in [6.45, 7) is 0.509. The van der Waals surface area contributed by atoms with Crippen molar-refractivity contribution in [1.29, 1.82) is 0 Å². The average molecular weight is 212 g/mol. The standard InChI is InChI=1S/C9H12N2O2S/c1-11(5-4-8(10)14)9(12)7-3-2-6-13-7/h2-3,6H,4-5H2,1H3,(H2,10,14). The summed E-state index contributed by atoms with van der Waals surface area (Å²) in [4.78, 5) is 13.5. The highest BCUT2D eigenvalue weighted by molar-refractivity contribution is 7.80. The summed E-state index contributed by atoms with van der Waals surface area (Å²) >= 11 is 4.72. The fourth-order valence-electron chi connectivity index (χ4n) is 0.968. The maximum Gasteiger partial charge on any atom is 0.289 e. The van der Waals surface area contributed by atoms with Gasteiger partial charge in [0.1, 0.15) is 0 Å². The van der Waals surface area contributed by atoms with Crippen LogP contribution >= 0.6 is 12.2 Å². The van der Waals surface area contributed by atoms with Crippen LogP contribution in [0.4, 0.5) is 0 Å². The third-order valence-electron chi connectivity index (χ3n) is 1.77. The van der Waals surface area contributed by atoms with Gasteiger partial charge in [0.05, 0.1) is 11.3 Å². The Balaban J connectivity index is 2.49. The summed E-state index contributed by atoms with van der Waals surface area (Å²) in [6, 6.07) is 3.30. The average Bonchev–Trinajstić information content (AvgIpc) is 2.65. The molecule has 76 valence electrons. The zero-order valence-electron chi connectivity index (χ0n) is 7.90. The van der Waals surface area contributed by atoms with Gasteiger partial charge in [-0.15, -0.1) is 0 Å². The number of carbonyl (C=O) groups is 1. The van der Waals surface area contributed by atoms with Gasteiger partial charge in [-0.2, -0.15) is 0 Å². The molecule has 1 aromatic rings. The lowest BCUT2D eigenvalue weighted by molar-refractivity contribution is 0.0767. The third-order valence-corrected chi connectivity index (χ3v) is 1.98. The topological polar surface area (TPSA) is 59.5 Å². The predicted octanol–water partition coefficient (Wildman–Crippen LogP) is 1.03. The van der Waals surface area contributed by atoms with E-state index in [1.165, 1.54) is 11.2 Å². The molecule has 0 saturated carbocycles. The van der Waals surface area contributed by atoms with Crippen LogP contribution in [0.15, 0.2) is 22.8 Å². The fraction of sp³-hybridized carbons (Fsp3) is 0.333. The minimum atomic E-state index is -0.161. The Morgan fingerprint density at radius 1 is 1.71 bits per heavy atom. The molecule has 14 heavy (non-hydrogen) atoms. The molecular formula is C9H12N2O2S. The molecule has 1 rings (SSSR count). The van der Waals surface area contributed by atoms with Gasteiger partial charge in [0, 0.05) is 20.0 Å². The molecule has 1 heterocycles. The van der Waals surface area contributed by atoms with Crippen LogP contribution in [0, 0.1) is 0 Å². The molecule has 2 N–H and O–H groups in total. The van der Waals surface area contributed by atoms with E-state index in [4.69, 9.17) is 22.4 Å². The number of hydrogen-bond acceptors (Lipinski definition) is 3. The van der Waals surface area contributed by atoms with Crippen molar-refractivity contribution in [3.8, 4) is 0 Å². The maximum absolute atomic E-state index is 11.6. The van der Waals surface area contributed by atoms with E-state index >= 15 is 0 Å². The predicted molar refractivity (Wildman–Crippen MR) is 57.1 cm³/mol. The molecule has 0 unspecified atom stereocenters. The second kappa shape index (κ2) is 4.76. The van der Waals surface area contributed by atoms with Crippen molar-refractivity contribution in [3.63, 3.8) is 0 Å². The zero-order valence-corrected chi connectivity index (χ0v) is 8.71. The maximum atomic E-state index is 11.6. The minimum absolute atomic E-state index is 0.161. The van der Waals surface area contributed by atoms with Crippen molar-refractivity contribution in [2.45, 2.75) is 6.42 Å². The summed E-state index contributed by atoms with van der Waals surface area (Å²) in [6.07, 6.45) is 1.99. The third kappa shape index (κ3) is 2.85. The van der Waals surface area contributed by atoms with Crippen LogP contribution in [0.3, 0.4) is 0 Å². The van der Waals surface area contributed by atoms with Gasteiger partial charge in [0.15, 0.2) is 5.76 Å². The van der Waals surface area contributed by atoms with Crippen molar-refractivity contribution >= 4 is 23.1 Å².